The Morgan fingerprint density at radius 3 is 2.00 bits per heavy atom. The molecule has 0 saturated heterocycles. The molecular weight excluding hydrogens is 233 g/mol. The number of hydrogen-bond acceptors (Lipinski definition) is 2. The average molecular weight is 252 g/mol. The zero-order valence-electron chi connectivity index (χ0n) is 10.1. The van der Waals surface area contributed by atoms with Crippen LogP contribution in [-0.2, 0) is 4.79 Å². The number of hydrogen-bond donors (Lipinski definition) is 2. The summed E-state index contributed by atoms with van der Waals surface area (Å²) in [6, 6.07) is -0.177. The van der Waals surface area contributed by atoms with E-state index in [1.54, 1.807) is 13.8 Å². The maximum absolute atomic E-state index is 12.4. The molecule has 0 aliphatic heterocycles. The van der Waals surface area contributed by atoms with Crippen LogP contribution in [0.4, 0.5) is 13.2 Å². The minimum Gasteiger partial charge on any atom is -0.352 e. The molecular formula is C11H19F3N2O. The Hall–Kier alpha value is -0.780. The van der Waals surface area contributed by atoms with E-state index >= 15 is 0 Å². The van der Waals surface area contributed by atoms with Gasteiger partial charge in [-0.15, -0.1) is 0 Å². The van der Waals surface area contributed by atoms with Gasteiger partial charge < -0.3 is 11.1 Å². The van der Waals surface area contributed by atoms with Gasteiger partial charge in [0.05, 0.1) is 11.5 Å². The number of halogens is 3. The second-order valence-electron chi connectivity index (χ2n) is 5.29. The molecule has 3 N–H and O–H groups in total. The fraction of sp³-hybridized carbons (Fsp3) is 0.909. The summed E-state index contributed by atoms with van der Waals surface area (Å²) in [5.41, 5.74) is 4.62. The molecule has 1 saturated carbocycles. The number of amides is 1. The first-order chi connectivity index (χ1) is 7.60. The molecule has 3 nitrogen and oxygen atoms in total. The smallest absolute Gasteiger partial charge is 0.352 e. The van der Waals surface area contributed by atoms with Crippen LogP contribution in [0.2, 0.25) is 0 Å². The quantitative estimate of drug-likeness (QED) is 0.789. The van der Waals surface area contributed by atoms with E-state index in [4.69, 9.17) is 5.73 Å². The van der Waals surface area contributed by atoms with Crippen LogP contribution in [0.25, 0.3) is 0 Å². The number of nitrogens with one attached hydrogen (secondary N) is 1. The summed E-state index contributed by atoms with van der Waals surface area (Å²) < 4.78 is 37.2. The number of carbonyl (C=O) groups is 1. The van der Waals surface area contributed by atoms with Crippen molar-refractivity contribution >= 4 is 5.91 Å². The molecule has 1 amide bonds. The molecule has 0 aromatic carbocycles. The highest BCUT2D eigenvalue weighted by molar-refractivity contribution is 5.85. The van der Waals surface area contributed by atoms with Crippen molar-refractivity contribution in [1.29, 1.82) is 0 Å². The van der Waals surface area contributed by atoms with Gasteiger partial charge in [-0.05, 0) is 39.5 Å². The molecule has 17 heavy (non-hydrogen) atoms. The second-order valence-corrected chi connectivity index (χ2v) is 5.29. The van der Waals surface area contributed by atoms with Crippen molar-refractivity contribution in [2.45, 2.75) is 57.3 Å². The molecule has 0 aromatic heterocycles. The van der Waals surface area contributed by atoms with Gasteiger partial charge in [-0.1, -0.05) is 0 Å². The van der Waals surface area contributed by atoms with Crippen LogP contribution in [0.3, 0.4) is 0 Å². The van der Waals surface area contributed by atoms with Gasteiger partial charge in [-0.2, -0.15) is 13.2 Å². The SMILES string of the molecule is CC(C)(N)C(=O)NC1CCC(C(F)(F)F)CC1. The van der Waals surface area contributed by atoms with E-state index in [2.05, 4.69) is 5.32 Å². The van der Waals surface area contributed by atoms with Gasteiger partial charge in [0.25, 0.3) is 0 Å². The first-order valence-corrected chi connectivity index (χ1v) is 5.77. The first kappa shape index (κ1) is 14.3. The van der Waals surface area contributed by atoms with Crippen LogP contribution >= 0.6 is 0 Å². The normalized spacial score (nSPS) is 26.7. The lowest BCUT2D eigenvalue weighted by Crippen LogP contribution is -2.53. The zero-order chi connectivity index (χ0) is 13.3. The van der Waals surface area contributed by atoms with E-state index in [0.717, 1.165) is 0 Å². The topological polar surface area (TPSA) is 55.1 Å². The molecule has 1 aliphatic carbocycles. The average Bonchev–Trinajstić information content (AvgIpc) is 2.15. The largest absolute Gasteiger partial charge is 0.391 e. The molecule has 6 heteroatoms. The third-order valence-corrected chi connectivity index (χ3v) is 3.11. The van der Waals surface area contributed by atoms with Crippen molar-refractivity contribution in [2.75, 3.05) is 0 Å². The van der Waals surface area contributed by atoms with Crippen LogP contribution in [-0.4, -0.2) is 23.7 Å². The Balaban J connectivity index is 2.41. The molecule has 0 radical (unpaired) electrons. The van der Waals surface area contributed by atoms with Gasteiger partial charge in [0.15, 0.2) is 0 Å². The third-order valence-electron chi connectivity index (χ3n) is 3.11. The lowest BCUT2D eigenvalue weighted by atomic mass is 9.85. The fourth-order valence-electron chi connectivity index (χ4n) is 1.94. The summed E-state index contributed by atoms with van der Waals surface area (Å²) in [6.45, 7) is 3.15. The minimum absolute atomic E-state index is 0.0828. The Morgan fingerprint density at radius 2 is 1.65 bits per heavy atom. The molecule has 0 unspecified atom stereocenters. The fourth-order valence-corrected chi connectivity index (χ4v) is 1.94. The van der Waals surface area contributed by atoms with Gasteiger partial charge in [0, 0.05) is 6.04 Å². The number of carbonyl (C=O) groups excluding carboxylic acids is 1. The molecule has 100 valence electrons. The molecule has 1 rings (SSSR count). The van der Waals surface area contributed by atoms with Crippen molar-refractivity contribution in [3.8, 4) is 0 Å². The van der Waals surface area contributed by atoms with Gasteiger partial charge in [0.2, 0.25) is 5.91 Å². The third kappa shape index (κ3) is 4.18. The number of nitrogens with two attached hydrogens (primary N) is 1. The summed E-state index contributed by atoms with van der Waals surface area (Å²) in [5.74, 6) is -1.53. The molecule has 0 bridgehead atoms. The molecule has 1 aliphatic rings. The lowest BCUT2D eigenvalue weighted by Gasteiger charge is -2.31. The second kappa shape index (κ2) is 4.84. The number of alkyl halides is 3. The highest BCUT2D eigenvalue weighted by Gasteiger charge is 2.41. The van der Waals surface area contributed by atoms with Crippen LogP contribution in [0.1, 0.15) is 39.5 Å². The van der Waals surface area contributed by atoms with Gasteiger partial charge in [0.1, 0.15) is 0 Å². The van der Waals surface area contributed by atoms with E-state index in [-0.39, 0.29) is 24.8 Å². The monoisotopic (exact) mass is 252 g/mol. The van der Waals surface area contributed by atoms with E-state index in [9.17, 15) is 18.0 Å². The zero-order valence-corrected chi connectivity index (χ0v) is 10.1. The first-order valence-electron chi connectivity index (χ1n) is 5.77. The minimum atomic E-state index is -4.11. The van der Waals surface area contributed by atoms with Crippen molar-refractivity contribution in [3.63, 3.8) is 0 Å². The van der Waals surface area contributed by atoms with Crippen LogP contribution < -0.4 is 11.1 Å². The maximum atomic E-state index is 12.4. The van der Waals surface area contributed by atoms with E-state index in [0.29, 0.717) is 12.8 Å². The summed E-state index contributed by atoms with van der Waals surface area (Å²) in [5, 5.41) is 2.70. The van der Waals surface area contributed by atoms with Crippen LogP contribution in [0, 0.1) is 5.92 Å². The Labute approximate surface area is 98.9 Å². The van der Waals surface area contributed by atoms with Crippen molar-refractivity contribution < 1.29 is 18.0 Å². The lowest BCUT2D eigenvalue weighted by molar-refractivity contribution is -0.182. The van der Waals surface area contributed by atoms with Gasteiger partial charge in [-0.3, -0.25) is 4.79 Å². The number of rotatable bonds is 2. The molecule has 0 heterocycles. The Kier molecular flexibility index (Phi) is 4.06. The molecule has 0 spiro atoms. The van der Waals surface area contributed by atoms with Crippen molar-refractivity contribution in [2.24, 2.45) is 11.7 Å². The summed E-state index contributed by atoms with van der Waals surface area (Å²) in [4.78, 5) is 11.6. The van der Waals surface area contributed by atoms with Crippen LogP contribution in [0.15, 0.2) is 0 Å². The Morgan fingerprint density at radius 1 is 1.18 bits per heavy atom. The van der Waals surface area contributed by atoms with Crippen LogP contribution in [0.5, 0.6) is 0 Å². The standard InChI is InChI=1S/C11H19F3N2O/c1-10(2,15)9(17)16-8-5-3-7(4-6-8)11(12,13)14/h7-8H,3-6,15H2,1-2H3,(H,16,17). The Bertz CT molecular complexity index is 275. The predicted molar refractivity (Wildman–Crippen MR) is 58.2 cm³/mol. The van der Waals surface area contributed by atoms with Crippen molar-refractivity contribution in [3.05, 3.63) is 0 Å². The summed E-state index contributed by atoms with van der Waals surface area (Å²) in [6.07, 6.45) is -3.21. The van der Waals surface area contributed by atoms with E-state index in [1.807, 2.05) is 0 Å². The van der Waals surface area contributed by atoms with E-state index < -0.39 is 17.6 Å². The highest BCUT2D eigenvalue weighted by Crippen LogP contribution is 2.37. The summed E-state index contributed by atoms with van der Waals surface area (Å²) >= 11 is 0. The predicted octanol–water partition coefficient (Wildman–Crippen LogP) is 1.96. The molecule has 0 atom stereocenters. The maximum Gasteiger partial charge on any atom is 0.391 e. The molecule has 0 aromatic rings. The van der Waals surface area contributed by atoms with E-state index in [1.165, 1.54) is 0 Å². The van der Waals surface area contributed by atoms with Gasteiger partial charge in [-0.25, -0.2) is 0 Å². The highest BCUT2D eigenvalue weighted by atomic mass is 19.4. The molecule has 1 fully saturated rings. The van der Waals surface area contributed by atoms with Gasteiger partial charge >= 0.3 is 6.18 Å². The summed E-state index contributed by atoms with van der Waals surface area (Å²) in [7, 11) is 0. The van der Waals surface area contributed by atoms with Crippen molar-refractivity contribution in [1.82, 2.24) is 5.32 Å².